The molecule has 11 rings (SSSR count). The summed E-state index contributed by atoms with van der Waals surface area (Å²) in [4.78, 5) is 21.0. The van der Waals surface area contributed by atoms with Gasteiger partial charge in [0.15, 0.2) is 5.82 Å². The molecular formula is C36H41FN4O4S. The lowest BCUT2D eigenvalue weighted by molar-refractivity contribution is -0.215. The van der Waals surface area contributed by atoms with E-state index in [1.165, 1.54) is 0 Å². The van der Waals surface area contributed by atoms with Crippen LogP contribution in [0.5, 0.6) is 0 Å². The van der Waals surface area contributed by atoms with Gasteiger partial charge in [0.2, 0.25) is 21.8 Å². The Balaban J connectivity index is 0.957. The van der Waals surface area contributed by atoms with Crippen molar-refractivity contribution in [1.29, 1.82) is 0 Å². The van der Waals surface area contributed by atoms with Gasteiger partial charge in [-0.25, -0.2) is 12.8 Å². The fourth-order valence-electron chi connectivity index (χ4n) is 9.11. The normalized spacial score (nSPS) is 32.8. The Bertz CT molecular complexity index is 1770. The zero-order valence-corrected chi connectivity index (χ0v) is 27.0. The standard InChI is InChI=1S/C36H41FN4O4S/c37-36-20-34(21-36,22-36)19-30(42)41(23-33-12-15-35(16-13-33,17-14-33)32-38-31(39-45-32)25-4-5-25)28-3-1-2-26(18-28)24-6-8-27(9-7-24)40-46(43,44)29-10-11-29/h1-3,6-9,18,25,29,40H,4-5,10-17,19-23H2. The summed E-state index contributed by atoms with van der Waals surface area (Å²) in [7, 11) is -3.33. The minimum Gasteiger partial charge on any atom is -0.339 e. The molecule has 0 spiro atoms. The summed E-state index contributed by atoms with van der Waals surface area (Å²) >= 11 is 0. The number of nitrogens with one attached hydrogen (secondary N) is 1. The number of anilines is 2. The van der Waals surface area contributed by atoms with Crippen molar-refractivity contribution in [3.8, 4) is 11.1 Å². The first kappa shape index (κ1) is 28.9. The Hall–Kier alpha value is -3.27. The third-order valence-electron chi connectivity index (χ3n) is 12.2. The van der Waals surface area contributed by atoms with Crippen LogP contribution in [0.15, 0.2) is 53.1 Å². The maximum Gasteiger partial charge on any atom is 0.235 e. The summed E-state index contributed by atoms with van der Waals surface area (Å²) < 4.78 is 47.8. The van der Waals surface area contributed by atoms with Gasteiger partial charge in [0.25, 0.3) is 0 Å². The van der Waals surface area contributed by atoms with Crippen LogP contribution in [0.25, 0.3) is 11.1 Å². The third kappa shape index (κ3) is 4.97. The van der Waals surface area contributed by atoms with Crippen LogP contribution >= 0.6 is 0 Å². The molecule has 242 valence electrons. The molecular weight excluding hydrogens is 603 g/mol. The quantitative estimate of drug-likeness (QED) is 0.233. The average molecular weight is 645 g/mol. The number of benzene rings is 2. The molecule has 10 heteroatoms. The number of fused-ring (bicyclic) bond motifs is 3. The van der Waals surface area contributed by atoms with Gasteiger partial charge in [-0.15, -0.1) is 0 Å². The summed E-state index contributed by atoms with van der Waals surface area (Å²) in [5.74, 6) is 2.26. The Morgan fingerprint density at radius 2 is 1.61 bits per heavy atom. The number of sulfonamides is 1. The van der Waals surface area contributed by atoms with Crippen LogP contribution in [0, 0.1) is 10.8 Å². The first-order chi connectivity index (χ1) is 22.0. The second-order valence-corrected chi connectivity index (χ2v) is 17.8. The molecule has 4 bridgehead atoms. The smallest absolute Gasteiger partial charge is 0.235 e. The van der Waals surface area contributed by atoms with Crippen LogP contribution in [-0.2, 0) is 20.2 Å². The maximum atomic E-state index is 14.4. The van der Waals surface area contributed by atoms with Crippen molar-refractivity contribution in [3.63, 3.8) is 0 Å². The predicted octanol–water partition coefficient (Wildman–Crippen LogP) is 7.43. The van der Waals surface area contributed by atoms with Crippen molar-refractivity contribution in [3.05, 3.63) is 60.2 Å². The number of hydrogen-bond donors (Lipinski definition) is 1. The van der Waals surface area contributed by atoms with Crippen molar-refractivity contribution >= 4 is 27.3 Å². The molecule has 1 N–H and O–H groups in total. The van der Waals surface area contributed by atoms with Gasteiger partial charge in [-0.1, -0.05) is 29.4 Å². The predicted molar refractivity (Wildman–Crippen MR) is 173 cm³/mol. The first-order valence-electron chi connectivity index (χ1n) is 17.1. The van der Waals surface area contributed by atoms with Crippen LogP contribution in [0.2, 0.25) is 0 Å². The second kappa shape index (κ2) is 9.87. The number of nitrogens with zero attached hydrogens (tertiary/aromatic N) is 3. The number of aromatic nitrogens is 2. The van der Waals surface area contributed by atoms with Gasteiger partial charge >= 0.3 is 0 Å². The molecule has 3 aromatic rings. The molecule has 46 heavy (non-hydrogen) atoms. The summed E-state index contributed by atoms with van der Waals surface area (Å²) in [5, 5.41) is 4.03. The van der Waals surface area contributed by atoms with Gasteiger partial charge in [0, 0.05) is 35.7 Å². The van der Waals surface area contributed by atoms with Gasteiger partial charge in [-0.2, -0.15) is 4.98 Å². The highest BCUT2D eigenvalue weighted by Crippen LogP contribution is 2.71. The number of halogens is 1. The molecule has 0 radical (unpaired) electrons. The lowest BCUT2D eigenvalue weighted by Gasteiger charge is -2.66. The number of carbonyl (C=O) groups excluding carboxylic acids is 1. The highest BCUT2D eigenvalue weighted by molar-refractivity contribution is 7.93. The molecule has 8 aliphatic carbocycles. The lowest BCUT2D eigenvalue weighted by Crippen LogP contribution is -2.65. The molecule has 0 unspecified atom stereocenters. The van der Waals surface area contributed by atoms with E-state index in [1.54, 1.807) is 12.1 Å². The van der Waals surface area contributed by atoms with E-state index < -0.39 is 15.7 Å². The molecule has 1 amide bonds. The van der Waals surface area contributed by atoms with Crippen molar-refractivity contribution in [1.82, 2.24) is 10.1 Å². The topological polar surface area (TPSA) is 105 Å². The summed E-state index contributed by atoms with van der Waals surface area (Å²) in [6.45, 7) is 0.654. The Morgan fingerprint density at radius 1 is 0.913 bits per heavy atom. The Labute approximate surface area is 269 Å². The lowest BCUT2D eigenvalue weighted by atomic mass is 9.41. The molecule has 8 fully saturated rings. The SMILES string of the molecule is O=C(CC12CC(F)(C1)C2)N(CC12CCC(c3nc(C4CC4)no3)(CC1)CC2)c1cccc(-c2ccc(NS(=O)(=O)C3CC3)cc2)c1. The van der Waals surface area contributed by atoms with E-state index in [-0.39, 0.29) is 27.4 Å². The fraction of sp³-hybridized carbons (Fsp3) is 0.583. The summed E-state index contributed by atoms with van der Waals surface area (Å²) in [5.41, 5.74) is 2.11. The molecule has 0 aliphatic heterocycles. The van der Waals surface area contributed by atoms with E-state index in [4.69, 9.17) is 9.51 Å². The van der Waals surface area contributed by atoms with Crippen molar-refractivity contribution in [2.24, 2.45) is 10.8 Å². The maximum absolute atomic E-state index is 14.4. The fourth-order valence-corrected chi connectivity index (χ4v) is 10.5. The monoisotopic (exact) mass is 644 g/mol. The van der Waals surface area contributed by atoms with Gasteiger partial charge in [0.1, 0.15) is 5.67 Å². The zero-order valence-electron chi connectivity index (χ0n) is 26.1. The molecule has 1 aromatic heterocycles. The van der Waals surface area contributed by atoms with Crippen LogP contribution in [-0.4, -0.2) is 41.9 Å². The average Bonchev–Trinajstić information content (AvgIpc) is 3.98. The van der Waals surface area contributed by atoms with Gasteiger partial charge < -0.3 is 9.42 Å². The van der Waals surface area contributed by atoms with Crippen LogP contribution < -0.4 is 9.62 Å². The minimum atomic E-state index is -3.33. The number of carbonyl (C=O) groups is 1. The van der Waals surface area contributed by atoms with E-state index in [2.05, 4.69) is 15.9 Å². The molecule has 8 nitrogen and oxygen atoms in total. The Kier molecular flexibility index (Phi) is 6.21. The van der Waals surface area contributed by atoms with E-state index in [0.717, 1.165) is 79.9 Å². The summed E-state index contributed by atoms with van der Waals surface area (Å²) in [6.07, 6.45) is 11.7. The highest BCUT2D eigenvalue weighted by Gasteiger charge is 2.69. The first-order valence-corrected chi connectivity index (χ1v) is 18.7. The van der Waals surface area contributed by atoms with E-state index in [0.29, 0.717) is 56.7 Å². The number of amides is 1. The van der Waals surface area contributed by atoms with E-state index in [9.17, 15) is 17.6 Å². The van der Waals surface area contributed by atoms with E-state index in [1.807, 2.05) is 35.2 Å². The van der Waals surface area contributed by atoms with Crippen LogP contribution in [0.3, 0.4) is 0 Å². The van der Waals surface area contributed by atoms with Crippen molar-refractivity contribution < 1.29 is 22.1 Å². The highest BCUT2D eigenvalue weighted by atomic mass is 32.2. The number of alkyl halides is 1. The molecule has 2 aromatic carbocycles. The van der Waals surface area contributed by atoms with Crippen molar-refractivity contribution in [2.75, 3.05) is 16.2 Å². The molecule has 8 saturated carbocycles. The third-order valence-corrected chi connectivity index (χ3v) is 14.1. The summed E-state index contributed by atoms with van der Waals surface area (Å²) in [6, 6.07) is 15.5. The molecule has 0 saturated heterocycles. The molecule has 0 atom stereocenters. The van der Waals surface area contributed by atoms with E-state index >= 15 is 0 Å². The van der Waals surface area contributed by atoms with Gasteiger partial charge in [-0.3, -0.25) is 9.52 Å². The van der Waals surface area contributed by atoms with Crippen LogP contribution in [0.1, 0.15) is 108 Å². The largest absolute Gasteiger partial charge is 0.339 e. The van der Waals surface area contributed by atoms with Crippen molar-refractivity contribution in [2.45, 2.75) is 112 Å². The second-order valence-electron chi connectivity index (χ2n) is 15.8. The number of hydrogen-bond acceptors (Lipinski definition) is 6. The molecule has 8 aliphatic rings. The van der Waals surface area contributed by atoms with Gasteiger partial charge in [0.05, 0.1) is 5.25 Å². The number of rotatable bonds is 11. The van der Waals surface area contributed by atoms with Gasteiger partial charge in [-0.05, 0) is 130 Å². The zero-order chi connectivity index (χ0) is 31.4. The minimum absolute atomic E-state index is 0.0217. The Morgan fingerprint density at radius 3 is 2.24 bits per heavy atom. The molecule has 1 heterocycles. The van der Waals surface area contributed by atoms with Crippen LogP contribution in [0.4, 0.5) is 15.8 Å².